The van der Waals surface area contributed by atoms with Gasteiger partial charge in [-0.15, -0.1) is 6.58 Å². The molecule has 0 unspecified atom stereocenters. The van der Waals surface area contributed by atoms with Crippen molar-refractivity contribution < 1.29 is 14.3 Å². The van der Waals surface area contributed by atoms with Gasteiger partial charge in [-0.3, -0.25) is 9.59 Å². The summed E-state index contributed by atoms with van der Waals surface area (Å²) in [5.41, 5.74) is 0.437. The lowest BCUT2D eigenvalue weighted by atomic mass is 10.2. The fraction of sp³-hybridized carbons (Fsp3) is 0.286. The summed E-state index contributed by atoms with van der Waals surface area (Å²) in [6.45, 7) is 5.73. The highest BCUT2D eigenvalue weighted by Crippen LogP contribution is 2.23. The van der Waals surface area contributed by atoms with E-state index in [-0.39, 0.29) is 25.6 Å². The van der Waals surface area contributed by atoms with E-state index >= 15 is 0 Å². The van der Waals surface area contributed by atoms with Gasteiger partial charge in [0.25, 0.3) is 5.91 Å². The third-order valence-corrected chi connectivity index (χ3v) is 3.64. The van der Waals surface area contributed by atoms with Gasteiger partial charge < -0.3 is 9.64 Å². The predicted octanol–water partition coefficient (Wildman–Crippen LogP) is 3.29. The summed E-state index contributed by atoms with van der Waals surface area (Å²) in [5, 5.41) is 0.516. The Morgan fingerprint density at radius 1 is 1.50 bits per heavy atom. The zero-order valence-electron chi connectivity index (χ0n) is 11.1. The van der Waals surface area contributed by atoms with E-state index in [1.807, 2.05) is 0 Å². The number of hydrogen-bond acceptors (Lipinski definition) is 3. The third kappa shape index (κ3) is 4.65. The van der Waals surface area contributed by atoms with E-state index in [0.29, 0.717) is 15.1 Å². The van der Waals surface area contributed by atoms with Crippen LogP contribution in [0.1, 0.15) is 17.3 Å². The van der Waals surface area contributed by atoms with Crippen molar-refractivity contribution in [2.24, 2.45) is 0 Å². The molecule has 0 aromatic heterocycles. The van der Waals surface area contributed by atoms with E-state index in [0.717, 1.165) is 0 Å². The van der Waals surface area contributed by atoms with Gasteiger partial charge in [-0.2, -0.15) is 0 Å². The Bertz CT molecular complexity index is 519. The van der Waals surface area contributed by atoms with Crippen molar-refractivity contribution in [3.63, 3.8) is 0 Å². The van der Waals surface area contributed by atoms with Gasteiger partial charge in [-0.1, -0.05) is 17.7 Å². The van der Waals surface area contributed by atoms with E-state index < -0.39 is 5.97 Å². The van der Waals surface area contributed by atoms with Gasteiger partial charge in [0.05, 0.1) is 11.6 Å². The van der Waals surface area contributed by atoms with Crippen molar-refractivity contribution in [2.75, 3.05) is 19.7 Å². The lowest BCUT2D eigenvalue weighted by Crippen LogP contribution is -2.36. The Labute approximate surface area is 131 Å². The van der Waals surface area contributed by atoms with Gasteiger partial charge in [0.2, 0.25) is 0 Å². The highest BCUT2D eigenvalue weighted by Gasteiger charge is 2.19. The van der Waals surface area contributed by atoms with Crippen molar-refractivity contribution in [2.45, 2.75) is 6.92 Å². The first-order chi connectivity index (χ1) is 9.49. The van der Waals surface area contributed by atoms with Gasteiger partial charge in [-0.25, -0.2) is 0 Å². The standard InChI is InChI=1S/C14H15BrClNO3/c1-3-7-17(9-13(18)20-4-2)14(19)10-5-6-12(16)11(15)8-10/h3,5-6,8H,1,4,7,9H2,2H3. The number of carbonyl (C=O) groups excluding carboxylic acids is 2. The number of amides is 1. The van der Waals surface area contributed by atoms with Crippen LogP contribution in [-0.4, -0.2) is 36.5 Å². The van der Waals surface area contributed by atoms with E-state index in [2.05, 4.69) is 22.5 Å². The summed E-state index contributed by atoms with van der Waals surface area (Å²) >= 11 is 9.15. The molecule has 6 heteroatoms. The van der Waals surface area contributed by atoms with Crippen LogP contribution in [0, 0.1) is 0 Å². The highest BCUT2D eigenvalue weighted by molar-refractivity contribution is 9.10. The van der Waals surface area contributed by atoms with Crippen LogP contribution in [0.15, 0.2) is 35.3 Å². The molecule has 4 nitrogen and oxygen atoms in total. The summed E-state index contributed by atoms with van der Waals surface area (Å²) < 4.78 is 5.47. The monoisotopic (exact) mass is 359 g/mol. The molecule has 0 fully saturated rings. The molecule has 0 bridgehead atoms. The normalized spacial score (nSPS) is 9.95. The lowest BCUT2D eigenvalue weighted by Gasteiger charge is -2.20. The van der Waals surface area contributed by atoms with Crippen LogP contribution in [0.2, 0.25) is 5.02 Å². The first-order valence-electron chi connectivity index (χ1n) is 6.00. The molecule has 20 heavy (non-hydrogen) atoms. The molecule has 108 valence electrons. The summed E-state index contributed by atoms with van der Waals surface area (Å²) in [5.74, 6) is -0.731. The van der Waals surface area contributed by atoms with Crippen LogP contribution in [0.4, 0.5) is 0 Å². The summed E-state index contributed by atoms with van der Waals surface area (Å²) in [7, 11) is 0. The van der Waals surface area contributed by atoms with Gasteiger partial charge in [0, 0.05) is 16.6 Å². The molecule has 1 aromatic rings. The number of ether oxygens (including phenoxy) is 1. The minimum atomic E-state index is -0.448. The molecular formula is C14H15BrClNO3. The van der Waals surface area contributed by atoms with Crippen molar-refractivity contribution in [1.82, 2.24) is 4.90 Å². The Morgan fingerprint density at radius 3 is 2.75 bits per heavy atom. The maximum atomic E-state index is 12.3. The second-order valence-corrected chi connectivity index (χ2v) is 5.17. The molecule has 1 aromatic carbocycles. The molecule has 0 radical (unpaired) electrons. The predicted molar refractivity (Wildman–Crippen MR) is 81.9 cm³/mol. The Morgan fingerprint density at radius 2 is 2.20 bits per heavy atom. The van der Waals surface area contributed by atoms with E-state index in [4.69, 9.17) is 16.3 Å². The molecule has 0 aliphatic heterocycles. The van der Waals surface area contributed by atoms with Crippen LogP contribution >= 0.6 is 27.5 Å². The fourth-order valence-corrected chi connectivity index (χ4v) is 2.05. The average molecular weight is 361 g/mol. The maximum absolute atomic E-state index is 12.3. The second kappa shape index (κ2) is 8.07. The number of esters is 1. The number of halogens is 2. The molecule has 1 rings (SSSR count). The quantitative estimate of drug-likeness (QED) is 0.578. The van der Waals surface area contributed by atoms with Gasteiger partial charge >= 0.3 is 5.97 Å². The number of hydrogen-bond donors (Lipinski definition) is 0. The number of benzene rings is 1. The maximum Gasteiger partial charge on any atom is 0.325 e. The van der Waals surface area contributed by atoms with Gasteiger partial charge in [-0.05, 0) is 41.1 Å². The molecular weight excluding hydrogens is 346 g/mol. The van der Waals surface area contributed by atoms with Crippen molar-refractivity contribution in [3.8, 4) is 0 Å². The first-order valence-corrected chi connectivity index (χ1v) is 7.17. The number of carbonyl (C=O) groups is 2. The molecule has 1 amide bonds. The van der Waals surface area contributed by atoms with E-state index in [1.54, 1.807) is 31.2 Å². The second-order valence-electron chi connectivity index (χ2n) is 3.91. The van der Waals surface area contributed by atoms with E-state index in [1.165, 1.54) is 4.90 Å². The molecule has 0 atom stereocenters. The number of rotatable bonds is 6. The largest absolute Gasteiger partial charge is 0.465 e. The minimum absolute atomic E-state index is 0.112. The van der Waals surface area contributed by atoms with E-state index in [9.17, 15) is 9.59 Å². The zero-order chi connectivity index (χ0) is 15.1. The Balaban J connectivity index is 2.89. The Kier molecular flexibility index (Phi) is 6.75. The molecule has 0 saturated carbocycles. The first kappa shape index (κ1) is 16.7. The number of nitrogens with zero attached hydrogens (tertiary/aromatic N) is 1. The smallest absolute Gasteiger partial charge is 0.325 e. The lowest BCUT2D eigenvalue weighted by molar-refractivity contribution is -0.143. The Hall–Kier alpha value is -1.33. The zero-order valence-corrected chi connectivity index (χ0v) is 13.4. The van der Waals surface area contributed by atoms with Crippen molar-refractivity contribution in [1.29, 1.82) is 0 Å². The van der Waals surface area contributed by atoms with Crippen LogP contribution in [0.5, 0.6) is 0 Å². The summed E-state index contributed by atoms with van der Waals surface area (Å²) in [6.07, 6.45) is 1.56. The fourth-order valence-electron chi connectivity index (χ4n) is 1.55. The molecule has 0 saturated heterocycles. The topological polar surface area (TPSA) is 46.6 Å². The third-order valence-electron chi connectivity index (χ3n) is 2.43. The summed E-state index contributed by atoms with van der Waals surface area (Å²) in [6, 6.07) is 4.85. The van der Waals surface area contributed by atoms with Crippen LogP contribution < -0.4 is 0 Å². The average Bonchev–Trinajstić information content (AvgIpc) is 2.41. The SMILES string of the molecule is C=CCN(CC(=O)OCC)C(=O)c1ccc(Cl)c(Br)c1. The van der Waals surface area contributed by atoms with Gasteiger partial charge in [0.15, 0.2) is 0 Å². The molecule has 0 aliphatic rings. The van der Waals surface area contributed by atoms with Crippen molar-refractivity contribution >= 4 is 39.4 Å². The van der Waals surface area contributed by atoms with Crippen molar-refractivity contribution in [3.05, 3.63) is 45.9 Å². The van der Waals surface area contributed by atoms with Crippen LogP contribution in [-0.2, 0) is 9.53 Å². The van der Waals surface area contributed by atoms with Crippen LogP contribution in [0.25, 0.3) is 0 Å². The minimum Gasteiger partial charge on any atom is -0.465 e. The molecule has 0 heterocycles. The molecule has 0 aliphatic carbocycles. The summed E-state index contributed by atoms with van der Waals surface area (Å²) in [4.78, 5) is 25.2. The van der Waals surface area contributed by atoms with Crippen LogP contribution in [0.3, 0.4) is 0 Å². The van der Waals surface area contributed by atoms with Gasteiger partial charge in [0.1, 0.15) is 6.54 Å². The highest BCUT2D eigenvalue weighted by atomic mass is 79.9. The molecule has 0 spiro atoms. The molecule has 0 N–H and O–H groups in total.